The van der Waals surface area contributed by atoms with Crippen molar-refractivity contribution in [2.75, 3.05) is 0 Å². The number of carboxylic acid groups (broad SMARTS) is 2. The SMILES string of the molecule is O=Cc1ccc(-c2cc(C(=O)O)c(-c3ccc(C=O)cc3)cc2C(=O)O)cc1. The lowest BCUT2D eigenvalue weighted by Crippen LogP contribution is -2.06. The summed E-state index contributed by atoms with van der Waals surface area (Å²) in [6.45, 7) is 0. The van der Waals surface area contributed by atoms with Crippen LogP contribution in [0.2, 0.25) is 0 Å². The van der Waals surface area contributed by atoms with Crippen LogP contribution in [0.25, 0.3) is 22.3 Å². The predicted molar refractivity (Wildman–Crippen MR) is 102 cm³/mol. The maximum atomic E-state index is 11.8. The van der Waals surface area contributed by atoms with E-state index in [9.17, 15) is 29.4 Å². The van der Waals surface area contributed by atoms with Gasteiger partial charge in [-0.05, 0) is 34.4 Å². The summed E-state index contributed by atoms with van der Waals surface area (Å²) in [5.74, 6) is -2.42. The van der Waals surface area contributed by atoms with E-state index in [0.29, 0.717) is 34.8 Å². The zero-order valence-electron chi connectivity index (χ0n) is 14.5. The zero-order valence-corrected chi connectivity index (χ0v) is 14.5. The summed E-state index contributed by atoms with van der Waals surface area (Å²) in [4.78, 5) is 45.3. The lowest BCUT2D eigenvalue weighted by atomic mass is 9.90. The molecule has 3 aromatic rings. The molecule has 0 spiro atoms. The van der Waals surface area contributed by atoms with Crippen molar-refractivity contribution >= 4 is 24.5 Å². The van der Waals surface area contributed by atoms with Gasteiger partial charge in [0.15, 0.2) is 0 Å². The maximum absolute atomic E-state index is 11.8. The molecule has 0 radical (unpaired) electrons. The average molecular weight is 374 g/mol. The third-order valence-corrected chi connectivity index (χ3v) is 4.33. The van der Waals surface area contributed by atoms with Crippen LogP contribution in [0.1, 0.15) is 41.4 Å². The molecule has 138 valence electrons. The van der Waals surface area contributed by atoms with Gasteiger partial charge in [0.2, 0.25) is 0 Å². The molecule has 6 heteroatoms. The van der Waals surface area contributed by atoms with Gasteiger partial charge < -0.3 is 10.2 Å². The highest BCUT2D eigenvalue weighted by atomic mass is 16.4. The van der Waals surface area contributed by atoms with E-state index in [0.717, 1.165) is 0 Å². The molecule has 0 amide bonds. The molecule has 0 bridgehead atoms. The van der Waals surface area contributed by atoms with E-state index < -0.39 is 11.9 Å². The second-order valence-corrected chi connectivity index (χ2v) is 6.03. The Morgan fingerprint density at radius 3 is 1.18 bits per heavy atom. The standard InChI is InChI=1S/C22H14O6/c23-11-13-1-5-15(6-2-13)17-9-20(22(27)28)18(10-19(17)21(25)26)16-7-3-14(12-24)4-8-16/h1-12H,(H,25,26)(H,27,28). The minimum absolute atomic E-state index is 0.0710. The average Bonchev–Trinajstić information content (AvgIpc) is 2.72. The Kier molecular flexibility index (Phi) is 5.13. The number of carbonyl (C=O) groups is 4. The molecule has 0 aliphatic heterocycles. The smallest absolute Gasteiger partial charge is 0.336 e. The van der Waals surface area contributed by atoms with Gasteiger partial charge in [0.25, 0.3) is 0 Å². The van der Waals surface area contributed by atoms with Crippen LogP contribution in [-0.4, -0.2) is 34.7 Å². The van der Waals surface area contributed by atoms with Crippen LogP contribution in [0.5, 0.6) is 0 Å². The predicted octanol–water partition coefficient (Wildman–Crippen LogP) is 4.04. The lowest BCUT2D eigenvalue weighted by molar-refractivity contribution is 0.0682. The normalized spacial score (nSPS) is 10.3. The molecule has 0 aliphatic carbocycles. The summed E-state index contributed by atoms with van der Waals surface area (Å²) >= 11 is 0. The van der Waals surface area contributed by atoms with Crippen LogP contribution in [0.3, 0.4) is 0 Å². The molecule has 0 fully saturated rings. The van der Waals surface area contributed by atoms with Crippen molar-refractivity contribution in [3.05, 3.63) is 82.9 Å². The Balaban J connectivity index is 2.25. The molecule has 0 saturated carbocycles. The van der Waals surface area contributed by atoms with Crippen molar-refractivity contribution in [3.63, 3.8) is 0 Å². The Bertz CT molecular complexity index is 990. The van der Waals surface area contributed by atoms with Gasteiger partial charge in [0.05, 0.1) is 11.1 Å². The summed E-state index contributed by atoms with van der Waals surface area (Å²) in [7, 11) is 0. The molecular weight excluding hydrogens is 360 g/mol. The number of aromatic carboxylic acids is 2. The monoisotopic (exact) mass is 374 g/mol. The van der Waals surface area contributed by atoms with E-state index in [-0.39, 0.29) is 22.3 Å². The molecule has 2 N–H and O–H groups in total. The zero-order chi connectivity index (χ0) is 20.3. The van der Waals surface area contributed by atoms with Crippen molar-refractivity contribution in [1.82, 2.24) is 0 Å². The quantitative estimate of drug-likeness (QED) is 0.630. The number of carboxylic acids is 2. The first-order valence-corrected chi connectivity index (χ1v) is 8.20. The van der Waals surface area contributed by atoms with Crippen LogP contribution >= 0.6 is 0 Å². The Labute approximate surface area is 159 Å². The number of hydrogen-bond donors (Lipinski definition) is 2. The topological polar surface area (TPSA) is 109 Å². The fourth-order valence-electron chi connectivity index (χ4n) is 2.91. The van der Waals surface area contributed by atoms with E-state index in [1.54, 1.807) is 24.3 Å². The maximum Gasteiger partial charge on any atom is 0.336 e. The van der Waals surface area contributed by atoms with E-state index in [2.05, 4.69) is 0 Å². The van der Waals surface area contributed by atoms with Crippen molar-refractivity contribution in [2.45, 2.75) is 0 Å². The third-order valence-electron chi connectivity index (χ3n) is 4.33. The van der Waals surface area contributed by atoms with Gasteiger partial charge in [-0.1, -0.05) is 48.5 Å². The molecule has 0 saturated heterocycles. The highest BCUT2D eigenvalue weighted by Crippen LogP contribution is 2.33. The van der Waals surface area contributed by atoms with E-state index in [4.69, 9.17) is 0 Å². The van der Waals surface area contributed by atoms with E-state index >= 15 is 0 Å². The summed E-state index contributed by atoms with van der Waals surface area (Å²) in [6, 6.07) is 15.0. The molecule has 3 rings (SSSR count). The lowest BCUT2D eigenvalue weighted by Gasteiger charge is -2.13. The summed E-state index contributed by atoms with van der Waals surface area (Å²) in [6.07, 6.45) is 1.33. The number of benzene rings is 3. The fourth-order valence-corrected chi connectivity index (χ4v) is 2.91. The summed E-state index contributed by atoms with van der Waals surface area (Å²) in [5.41, 5.74) is 2.13. The highest BCUT2D eigenvalue weighted by Gasteiger charge is 2.20. The molecule has 3 aromatic carbocycles. The molecule has 6 nitrogen and oxygen atoms in total. The first-order chi connectivity index (χ1) is 13.4. The first-order valence-electron chi connectivity index (χ1n) is 8.20. The van der Waals surface area contributed by atoms with E-state index in [1.165, 1.54) is 36.4 Å². The van der Waals surface area contributed by atoms with Gasteiger partial charge in [-0.3, -0.25) is 9.59 Å². The molecule has 0 aromatic heterocycles. The minimum atomic E-state index is -1.21. The third kappa shape index (κ3) is 3.57. The van der Waals surface area contributed by atoms with Crippen molar-refractivity contribution in [2.24, 2.45) is 0 Å². The van der Waals surface area contributed by atoms with Crippen LogP contribution < -0.4 is 0 Å². The number of hydrogen-bond acceptors (Lipinski definition) is 4. The van der Waals surface area contributed by atoms with Gasteiger partial charge in [0.1, 0.15) is 12.6 Å². The summed E-state index contributed by atoms with van der Waals surface area (Å²) < 4.78 is 0. The molecule has 0 unspecified atom stereocenters. The van der Waals surface area contributed by atoms with E-state index in [1.807, 2.05) is 0 Å². The Morgan fingerprint density at radius 2 is 0.929 bits per heavy atom. The number of rotatable bonds is 6. The number of aldehydes is 2. The molecular formula is C22H14O6. The molecule has 0 heterocycles. The highest BCUT2D eigenvalue weighted by molar-refractivity contribution is 6.04. The van der Waals surface area contributed by atoms with Crippen molar-refractivity contribution in [1.29, 1.82) is 0 Å². The van der Waals surface area contributed by atoms with Crippen LogP contribution in [0, 0.1) is 0 Å². The van der Waals surface area contributed by atoms with Gasteiger partial charge in [-0.25, -0.2) is 9.59 Å². The minimum Gasteiger partial charge on any atom is -0.478 e. The van der Waals surface area contributed by atoms with Crippen LogP contribution in [0.4, 0.5) is 0 Å². The second-order valence-electron chi connectivity index (χ2n) is 6.03. The summed E-state index contributed by atoms with van der Waals surface area (Å²) in [5, 5.41) is 19.3. The number of carbonyl (C=O) groups excluding carboxylic acids is 2. The van der Waals surface area contributed by atoms with Crippen molar-refractivity contribution < 1.29 is 29.4 Å². The van der Waals surface area contributed by atoms with Gasteiger partial charge in [-0.15, -0.1) is 0 Å². The Morgan fingerprint density at radius 1 is 0.607 bits per heavy atom. The Hall–Kier alpha value is -4.06. The van der Waals surface area contributed by atoms with Gasteiger partial charge >= 0.3 is 11.9 Å². The second kappa shape index (κ2) is 7.67. The molecule has 0 aliphatic rings. The van der Waals surface area contributed by atoms with Crippen molar-refractivity contribution in [3.8, 4) is 22.3 Å². The van der Waals surface area contributed by atoms with Crippen LogP contribution in [0.15, 0.2) is 60.7 Å². The molecule has 28 heavy (non-hydrogen) atoms. The molecule has 0 atom stereocenters. The first kappa shape index (κ1) is 18.7. The van der Waals surface area contributed by atoms with Gasteiger partial charge in [0, 0.05) is 11.1 Å². The fraction of sp³-hybridized carbons (Fsp3) is 0. The van der Waals surface area contributed by atoms with Gasteiger partial charge in [-0.2, -0.15) is 0 Å². The van der Waals surface area contributed by atoms with Crippen LogP contribution in [-0.2, 0) is 0 Å². The largest absolute Gasteiger partial charge is 0.478 e.